The highest BCUT2D eigenvalue weighted by Crippen LogP contribution is 2.56. The second kappa shape index (κ2) is 4.58. The van der Waals surface area contributed by atoms with E-state index in [9.17, 15) is 4.79 Å². The molecule has 108 valence electrons. The minimum Gasteiger partial charge on any atom is -0.289 e. The maximum Gasteiger partial charge on any atom is 0.283 e. The highest BCUT2D eigenvalue weighted by atomic mass is 16.2. The maximum atomic E-state index is 11.7. The number of carbonyl (C=O) groups is 1. The van der Waals surface area contributed by atoms with E-state index in [1.165, 1.54) is 32.1 Å². The molecule has 0 spiro atoms. The number of aromatic nitrogens is 2. The summed E-state index contributed by atoms with van der Waals surface area (Å²) in [7, 11) is 0. The Morgan fingerprint density at radius 3 is 2.50 bits per heavy atom. The van der Waals surface area contributed by atoms with E-state index in [1.54, 1.807) is 12.3 Å². The Hall–Kier alpha value is -1.36. The van der Waals surface area contributed by atoms with Gasteiger partial charge in [0, 0.05) is 12.7 Å². The Labute approximate surface area is 118 Å². The Bertz CT molecular complexity index is 496. The van der Waals surface area contributed by atoms with Crippen molar-refractivity contribution in [2.75, 3.05) is 0 Å². The first kappa shape index (κ1) is 12.4. The van der Waals surface area contributed by atoms with Crippen LogP contribution in [0.2, 0.25) is 0 Å². The minimum atomic E-state index is -0.244. The normalized spacial score (nSPS) is 38.1. The fraction of sp³-hybridized carbons (Fsp3) is 0.733. The highest BCUT2D eigenvalue weighted by molar-refractivity contribution is 5.91. The zero-order chi connectivity index (χ0) is 13.7. The van der Waals surface area contributed by atoms with Crippen molar-refractivity contribution in [2.45, 2.75) is 38.6 Å². The van der Waals surface area contributed by atoms with Crippen LogP contribution in [0.15, 0.2) is 12.3 Å². The molecule has 0 aromatic carbocycles. The van der Waals surface area contributed by atoms with Gasteiger partial charge >= 0.3 is 0 Å². The largest absolute Gasteiger partial charge is 0.289 e. The molecule has 0 aliphatic heterocycles. The van der Waals surface area contributed by atoms with Crippen LogP contribution in [0, 0.1) is 29.6 Å². The molecule has 1 heterocycles. The SMILES string of the molecule is NNC(=O)c1ccnn1CC1C2CC3CC(C2)CC1C3. The molecule has 5 heteroatoms. The molecule has 4 bridgehead atoms. The Balaban J connectivity index is 1.55. The molecule has 20 heavy (non-hydrogen) atoms. The molecule has 0 atom stereocenters. The molecular formula is C15H22N4O. The zero-order valence-electron chi connectivity index (χ0n) is 11.7. The van der Waals surface area contributed by atoms with Crippen LogP contribution in [0.3, 0.4) is 0 Å². The first-order chi connectivity index (χ1) is 9.74. The minimum absolute atomic E-state index is 0.244. The van der Waals surface area contributed by atoms with Crippen LogP contribution in [0.1, 0.15) is 42.6 Å². The third-order valence-corrected chi connectivity index (χ3v) is 5.89. The number of nitrogens with one attached hydrogen (secondary N) is 1. The van der Waals surface area contributed by atoms with E-state index in [0.717, 1.165) is 30.2 Å². The molecule has 0 radical (unpaired) electrons. The van der Waals surface area contributed by atoms with Crippen LogP contribution in [-0.2, 0) is 6.54 Å². The van der Waals surface area contributed by atoms with Gasteiger partial charge in [-0.2, -0.15) is 5.10 Å². The van der Waals surface area contributed by atoms with Gasteiger partial charge in [0.05, 0.1) is 0 Å². The third kappa shape index (κ3) is 1.87. The highest BCUT2D eigenvalue weighted by Gasteiger charge is 2.48. The van der Waals surface area contributed by atoms with Crippen molar-refractivity contribution in [2.24, 2.45) is 35.4 Å². The quantitative estimate of drug-likeness (QED) is 0.499. The number of nitrogens with zero attached hydrogens (tertiary/aromatic N) is 2. The molecule has 1 amide bonds. The predicted octanol–water partition coefficient (Wildman–Crippen LogP) is 1.56. The summed E-state index contributed by atoms with van der Waals surface area (Å²) >= 11 is 0. The lowest BCUT2D eigenvalue weighted by molar-refractivity contribution is -0.0444. The van der Waals surface area contributed by atoms with Crippen molar-refractivity contribution in [3.05, 3.63) is 18.0 Å². The van der Waals surface area contributed by atoms with Crippen molar-refractivity contribution >= 4 is 5.91 Å². The average Bonchev–Trinajstić information content (AvgIpc) is 2.89. The van der Waals surface area contributed by atoms with Gasteiger partial charge in [-0.25, -0.2) is 5.84 Å². The van der Waals surface area contributed by atoms with Gasteiger partial charge < -0.3 is 0 Å². The first-order valence-electron chi connectivity index (χ1n) is 7.77. The first-order valence-corrected chi connectivity index (χ1v) is 7.77. The summed E-state index contributed by atoms with van der Waals surface area (Å²) in [6, 6.07) is 1.75. The summed E-state index contributed by atoms with van der Waals surface area (Å²) in [6.45, 7) is 0.879. The lowest BCUT2D eigenvalue weighted by Gasteiger charge is -2.54. The van der Waals surface area contributed by atoms with Crippen LogP contribution in [0.5, 0.6) is 0 Å². The fourth-order valence-electron chi connectivity index (χ4n) is 5.28. The van der Waals surface area contributed by atoms with Crippen LogP contribution in [0.4, 0.5) is 0 Å². The van der Waals surface area contributed by atoms with Gasteiger partial charge in [0.15, 0.2) is 0 Å². The number of amides is 1. The number of hydrogen-bond acceptors (Lipinski definition) is 3. The number of hydrazine groups is 1. The third-order valence-electron chi connectivity index (χ3n) is 5.89. The molecule has 0 unspecified atom stereocenters. The molecule has 5 rings (SSSR count). The summed E-state index contributed by atoms with van der Waals surface area (Å²) in [5.41, 5.74) is 2.79. The number of nitrogen functional groups attached to an aromatic ring is 1. The van der Waals surface area contributed by atoms with Crippen LogP contribution in [0.25, 0.3) is 0 Å². The monoisotopic (exact) mass is 274 g/mol. The summed E-state index contributed by atoms with van der Waals surface area (Å²) in [4.78, 5) is 11.7. The molecule has 3 N–H and O–H groups in total. The molecule has 1 aromatic heterocycles. The van der Waals surface area contributed by atoms with Gasteiger partial charge in [0.2, 0.25) is 0 Å². The van der Waals surface area contributed by atoms with Crippen molar-refractivity contribution in [1.82, 2.24) is 15.2 Å². The van der Waals surface area contributed by atoms with Gasteiger partial charge in [-0.3, -0.25) is 14.9 Å². The summed E-state index contributed by atoms with van der Waals surface area (Å²) in [5.74, 6) is 9.37. The van der Waals surface area contributed by atoms with Crippen molar-refractivity contribution < 1.29 is 4.79 Å². The molecule has 0 saturated heterocycles. The average molecular weight is 274 g/mol. The lowest BCUT2D eigenvalue weighted by Crippen LogP contribution is -2.46. The molecule has 4 fully saturated rings. The smallest absolute Gasteiger partial charge is 0.283 e. The summed E-state index contributed by atoms with van der Waals surface area (Å²) < 4.78 is 1.86. The number of hydrogen-bond donors (Lipinski definition) is 2. The molecule has 4 aliphatic rings. The molecule has 4 aliphatic carbocycles. The second-order valence-electron chi connectivity index (χ2n) is 6.97. The molecule has 4 saturated carbocycles. The van der Waals surface area contributed by atoms with Crippen molar-refractivity contribution in [1.29, 1.82) is 0 Å². The van der Waals surface area contributed by atoms with Gasteiger partial charge in [-0.15, -0.1) is 0 Å². The van der Waals surface area contributed by atoms with E-state index in [-0.39, 0.29) is 5.91 Å². The van der Waals surface area contributed by atoms with Gasteiger partial charge in [-0.05, 0) is 67.8 Å². The van der Waals surface area contributed by atoms with Gasteiger partial charge in [-0.1, -0.05) is 0 Å². The lowest BCUT2D eigenvalue weighted by atomic mass is 9.52. The van der Waals surface area contributed by atoms with Crippen molar-refractivity contribution in [3.63, 3.8) is 0 Å². The van der Waals surface area contributed by atoms with Crippen LogP contribution < -0.4 is 11.3 Å². The standard InChI is InChI=1S/C15H22N4O/c16-18-15(20)14-1-2-17-19(14)8-13-11-4-9-3-10(6-11)7-12(13)5-9/h1-2,9-13H,3-8,16H2,(H,18,20). The van der Waals surface area contributed by atoms with E-state index in [0.29, 0.717) is 11.6 Å². The number of carbonyl (C=O) groups excluding carboxylic acids is 1. The summed E-state index contributed by atoms with van der Waals surface area (Å²) in [6.07, 6.45) is 8.77. The van der Waals surface area contributed by atoms with E-state index in [2.05, 4.69) is 10.5 Å². The Morgan fingerprint density at radius 1 is 1.25 bits per heavy atom. The van der Waals surface area contributed by atoms with E-state index < -0.39 is 0 Å². The van der Waals surface area contributed by atoms with E-state index in [1.807, 2.05) is 4.68 Å². The van der Waals surface area contributed by atoms with Gasteiger partial charge in [0.1, 0.15) is 5.69 Å². The maximum absolute atomic E-state index is 11.7. The predicted molar refractivity (Wildman–Crippen MR) is 74.4 cm³/mol. The van der Waals surface area contributed by atoms with E-state index >= 15 is 0 Å². The summed E-state index contributed by atoms with van der Waals surface area (Å²) in [5, 5.41) is 4.34. The van der Waals surface area contributed by atoms with E-state index in [4.69, 9.17) is 5.84 Å². The molecular weight excluding hydrogens is 252 g/mol. The molecule has 1 aromatic rings. The van der Waals surface area contributed by atoms with Crippen LogP contribution in [-0.4, -0.2) is 15.7 Å². The zero-order valence-corrected chi connectivity index (χ0v) is 11.7. The fourth-order valence-corrected chi connectivity index (χ4v) is 5.28. The second-order valence-corrected chi connectivity index (χ2v) is 6.97. The number of nitrogens with two attached hydrogens (primary N) is 1. The van der Waals surface area contributed by atoms with Crippen molar-refractivity contribution in [3.8, 4) is 0 Å². The van der Waals surface area contributed by atoms with Gasteiger partial charge in [0.25, 0.3) is 5.91 Å². The Morgan fingerprint density at radius 2 is 1.90 bits per heavy atom. The molecule has 5 nitrogen and oxygen atoms in total. The number of rotatable bonds is 3. The van der Waals surface area contributed by atoms with Crippen LogP contribution >= 0.6 is 0 Å². The topological polar surface area (TPSA) is 72.9 Å². The Kier molecular flexibility index (Phi) is 2.84.